The minimum absolute atomic E-state index is 0.282. The van der Waals surface area contributed by atoms with E-state index in [4.69, 9.17) is 0 Å². The fourth-order valence-corrected chi connectivity index (χ4v) is 2.35. The molecule has 3 heteroatoms. The molecule has 0 bridgehead atoms. The van der Waals surface area contributed by atoms with Crippen molar-refractivity contribution in [1.29, 1.82) is 0 Å². The van der Waals surface area contributed by atoms with Crippen LogP contribution < -0.4 is 0 Å². The molecule has 0 N–H and O–H groups in total. The van der Waals surface area contributed by atoms with Gasteiger partial charge in [-0.2, -0.15) is 0 Å². The molecule has 0 radical (unpaired) electrons. The van der Waals surface area contributed by atoms with Crippen LogP contribution in [0.5, 0.6) is 0 Å². The SMILES string of the molecule is O=CCC1CCc2nc3ccccc3nc21. The molecule has 1 heterocycles. The van der Waals surface area contributed by atoms with E-state index in [9.17, 15) is 4.79 Å². The van der Waals surface area contributed by atoms with E-state index in [2.05, 4.69) is 9.97 Å². The van der Waals surface area contributed by atoms with E-state index in [1.54, 1.807) is 0 Å². The van der Waals surface area contributed by atoms with E-state index in [1.165, 1.54) is 0 Å². The highest BCUT2D eigenvalue weighted by Crippen LogP contribution is 2.33. The van der Waals surface area contributed by atoms with Crippen LogP contribution in [-0.2, 0) is 11.2 Å². The fourth-order valence-electron chi connectivity index (χ4n) is 2.35. The van der Waals surface area contributed by atoms with Gasteiger partial charge in [-0.15, -0.1) is 0 Å². The first kappa shape index (κ1) is 9.46. The number of aldehydes is 1. The van der Waals surface area contributed by atoms with Crippen molar-refractivity contribution in [3.8, 4) is 0 Å². The van der Waals surface area contributed by atoms with Crippen molar-refractivity contribution in [2.75, 3.05) is 0 Å². The minimum Gasteiger partial charge on any atom is -0.303 e. The topological polar surface area (TPSA) is 42.9 Å². The molecule has 0 aliphatic heterocycles. The highest BCUT2D eigenvalue weighted by atomic mass is 16.1. The Labute approximate surface area is 93.5 Å². The monoisotopic (exact) mass is 212 g/mol. The van der Waals surface area contributed by atoms with E-state index in [1.807, 2.05) is 24.3 Å². The summed E-state index contributed by atoms with van der Waals surface area (Å²) in [6, 6.07) is 7.89. The van der Waals surface area contributed by atoms with Gasteiger partial charge in [0.15, 0.2) is 0 Å². The normalized spacial score (nSPS) is 18.6. The molecule has 0 spiro atoms. The minimum atomic E-state index is 0.282. The number of fused-ring (bicyclic) bond motifs is 2. The lowest BCUT2D eigenvalue weighted by molar-refractivity contribution is -0.108. The van der Waals surface area contributed by atoms with Crippen molar-refractivity contribution in [2.24, 2.45) is 0 Å². The number of para-hydroxylation sites is 2. The molecule has 1 aromatic carbocycles. The Kier molecular flexibility index (Phi) is 2.17. The van der Waals surface area contributed by atoms with Gasteiger partial charge in [0.25, 0.3) is 0 Å². The van der Waals surface area contributed by atoms with Gasteiger partial charge in [0.05, 0.1) is 22.4 Å². The van der Waals surface area contributed by atoms with E-state index < -0.39 is 0 Å². The second-order valence-electron chi connectivity index (χ2n) is 4.18. The Hall–Kier alpha value is -1.77. The molecule has 1 unspecified atom stereocenters. The van der Waals surface area contributed by atoms with Gasteiger partial charge in [0.1, 0.15) is 6.29 Å². The summed E-state index contributed by atoms with van der Waals surface area (Å²) in [6.07, 6.45) is 3.51. The second-order valence-corrected chi connectivity index (χ2v) is 4.18. The number of aromatic nitrogens is 2. The van der Waals surface area contributed by atoms with Crippen molar-refractivity contribution in [2.45, 2.75) is 25.2 Å². The summed E-state index contributed by atoms with van der Waals surface area (Å²) in [6.45, 7) is 0. The van der Waals surface area contributed by atoms with Gasteiger partial charge >= 0.3 is 0 Å². The second kappa shape index (κ2) is 3.67. The van der Waals surface area contributed by atoms with E-state index in [0.717, 1.165) is 41.5 Å². The summed E-state index contributed by atoms with van der Waals surface area (Å²) >= 11 is 0. The van der Waals surface area contributed by atoms with Gasteiger partial charge in [-0.1, -0.05) is 12.1 Å². The third kappa shape index (κ3) is 1.40. The number of hydrogen-bond donors (Lipinski definition) is 0. The number of benzene rings is 1. The first-order valence-electron chi connectivity index (χ1n) is 5.57. The summed E-state index contributed by atoms with van der Waals surface area (Å²) in [7, 11) is 0. The zero-order valence-electron chi connectivity index (χ0n) is 8.89. The third-order valence-electron chi connectivity index (χ3n) is 3.17. The van der Waals surface area contributed by atoms with Crippen molar-refractivity contribution in [3.05, 3.63) is 35.7 Å². The molecule has 0 saturated heterocycles. The summed E-state index contributed by atoms with van der Waals surface area (Å²) in [5, 5.41) is 0. The molecule has 16 heavy (non-hydrogen) atoms. The largest absolute Gasteiger partial charge is 0.303 e. The van der Waals surface area contributed by atoms with Crippen molar-refractivity contribution >= 4 is 17.3 Å². The van der Waals surface area contributed by atoms with Crippen LogP contribution in [-0.4, -0.2) is 16.3 Å². The average Bonchev–Trinajstić information content (AvgIpc) is 2.70. The molecular formula is C13H12N2O. The Bertz CT molecular complexity index is 551. The highest BCUT2D eigenvalue weighted by Gasteiger charge is 2.25. The Morgan fingerprint density at radius 1 is 1.25 bits per heavy atom. The quantitative estimate of drug-likeness (QED) is 0.717. The number of hydrogen-bond acceptors (Lipinski definition) is 3. The molecule has 1 aromatic heterocycles. The molecule has 3 rings (SSSR count). The van der Waals surface area contributed by atoms with Gasteiger partial charge in [-0.3, -0.25) is 0 Å². The van der Waals surface area contributed by atoms with Gasteiger partial charge < -0.3 is 4.79 Å². The van der Waals surface area contributed by atoms with Crippen molar-refractivity contribution in [1.82, 2.24) is 9.97 Å². The molecule has 80 valence electrons. The number of aryl methyl sites for hydroxylation is 1. The zero-order chi connectivity index (χ0) is 11.0. The number of rotatable bonds is 2. The van der Waals surface area contributed by atoms with Crippen molar-refractivity contribution in [3.63, 3.8) is 0 Å². The van der Waals surface area contributed by atoms with Crippen LogP contribution in [0.4, 0.5) is 0 Å². The Morgan fingerprint density at radius 2 is 2.00 bits per heavy atom. The molecule has 1 aliphatic rings. The molecule has 3 nitrogen and oxygen atoms in total. The maximum absolute atomic E-state index is 10.6. The first-order valence-corrected chi connectivity index (χ1v) is 5.57. The fraction of sp³-hybridized carbons (Fsp3) is 0.308. The number of carbonyl (C=O) groups is 1. The number of carbonyl (C=O) groups excluding carboxylic acids is 1. The van der Waals surface area contributed by atoms with E-state index in [0.29, 0.717) is 6.42 Å². The van der Waals surface area contributed by atoms with Crippen LogP contribution >= 0.6 is 0 Å². The highest BCUT2D eigenvalue weighted by molar-refractivity contribution is 5.74. The molecule has 0 fully saturated rings. The van der Waals surface area contributed by atoms with Crippen LogP contribution in [0, 0.1) is 0 Å². The molecular weight excluding hydrogens is 200 g/mol. The summed E-state index contributed by atoms with van der Waals surface area (Å²) < 4.78 is 0. The lowest BCUT2D eigenvalue weighted by atomic mass is 10.0. The van der Waals surface area contributed by atoms with Crippen LogP contribution in [0.3, 0.4) is 0 Å². The number of nitrogens with zero attached hydrogens (tertiary/aromatic N) is 2. The molecule has 0 amide bonds. The van der Waals surface area contributed by atoms with Gasteiger partial charge in [0, 0.05) is 12.3 Å². The maximum Gasteiger partial charge on any atom is 0.120 e. The lowest BCUT2D eigenvalue weighted by Crippen LogP contribution is -1.99. The van der Waals surface area contributed by atoms with Crippen LogP contribution in [0.2, 0.25) is 0 Å². The Morgan fingerprint density at radius 3 is 2.75 bits per heavy atom. The smallest absolute Gasteiger partial charge is 0.120 e. The molecule has 2 aromatic rings. The van der Waals surface area contributed by atoms with Gasteiger partial charge in [0.2, 0.25) is 0 Å². The standard InChI is InChI=1S/C13H12N2O/c16-8-7-9-5-6-12-13(9)15-11-4-2-1-3-10(11)14-12/h1-4,8-9H,5-7H2. The molecule has 0 saturated carbocycles. The molecule has 1 atom stereocenters. The Balaban J connectivity index is 2.15. The van der Waals surface area contributed by atoms with E-state index >= 15 is 0 Å². The summed E-state index contributed by atoms with van der Waals surface area (Å²) in [5.41, 5.74) is 3.99. The third-order valence-corrected chi connectivity index (χ3v) is 3.17. The summed E-state index contributed by atoms with van der Waals surface area (Å²) in [5.74, 6) is 0.282. The van der Waals surface area contributed by atoms with Crippen LogP contribution in [0.1, 0.15) is 30.1 Å². The van der Waals surface area contributed by atoms with Crippen LogP contribution in [0.25, 0.3) is 11.0 Å². The lowest BCUT2D eigenvalue weighted by Gasteiger charge is -2.06. The predicted octanol–water partition coefficient (Wildman–Crippen LogP) is 2.25. The van der Waals surface area contributed by atoms with E-state index in [-0.39, 0.29) is 5.92 Å². The van der Waals surface area contributed by atoms with Gasteiger partial charge in [-0.25, -0.2) is 9.97 Å². The zero-order valence-corrected chi connectivity index (χ0v) is 8.89. The predicted molar refractivity (Wildman–Crippen MR) is 61.3 cm³/mol. The maximum atomic E-state index is 10.6. The van der Waals surface area contributed by atoms with Crippen molar-refractivity contribution < 1.29 is 4.79 Å². The average molecular weight is 212 g/mol. The molecule has 1 aliphatic carbocycles. The van der Waals surface area contributed by atoms with Gasteiger partial charge in [-0.05, 0) is 25.0 Å². The summed E-state index contributed by atoms with van der Waals surface area (Å²) in [4.78, 5) is 19.8. The van der Waals surface area contributed by atoms with Crippen LogP contribution in [0.15, 0.2) is 24.3 Å². The first-order chi connectivity index (χ1) is 7.88.